The smallest absolute Gasteiger partial charge is 0.119 e. The molecule has 0 saturated carbocycles. The largest absolute Gasteiger partial charge is 0.377 e. The minimum Gasteiger partial charge on any atom is -0.377 e. The van der Waals surface area contributed by atoms with Gasteiger partial charge >= 0.3 is 0 Å². The molecule has 4 aliphatic heterocycles. The van der Waals surface area contributed by atoms with Crippen LogP contribution in [0.25, 0.3) is 0 Å². The van der Waals surface area contributed by atoms with Gasteiger partial charge in [0.25, 0.3) is 0 Å². The first-order valence-corrected chi connectivity index (χ1v) is 23.7. The zero-order valence-corrected chi connectivity index (χ0v) is 38.2. The Bertz CT molecular complexity index is 2260. The van der Waals surface area contributed by atoms with Crippen molar-refractivity contribution in [2.24, 2.45) is 0 Å². The number of fused-ring (bicyclic) bond motifs is 3. The third-order valence-electron chi connectivity index (χ3n) is 13.4. The lowest BCUT2D eigenvalue weighted by Gasteiger charge is -2.56. The van der Waals surface area contributed by atoms with Gasteiger partial charge in [-0.3, -0.25) is 0 Å². The van der Waals surface area contributed by atoms with Crippen LogP contribution in [0.15, 0.2) is 176 Å². The lowest BCUT2D eigenvalue weighted by atomic mass is 9.78. The highest BCUT2D eigenvalue weighted by Gasteiger charge is 2.59. The van der Waals surface area contributed by atoms with Crippen LogP contribution in [0.4, 0.5) is 0 Å². The van der Waals surface area contributed by atoms with E-state index in [-0.39, 0.29) is 18.3 Å². The normalized spacial score (nSPS) is 30.4. The molecular weight excluding hydrogens is 829 g/mol. The number of rotatable bonds is 19. The second-order valence-electron chi connectivity index (χ2n) is 18.1. The van der Waals surface area contributed by atoms with E-state index in [1.165, 1.54) is 0 Å². The van der Waals surface area contributed by atoms with Crippen LogP contribution in [0.3, 0.4) is 0 Å². The topological polar surface area (TPSA) is 83.1 Å². The lowest BCUT2D eigenvalue weighted by molar-refractivity contribution is -0.331. The molecule has 0 bridgehead atoms. The molecule has 9 heteroatoms. The molecule has 5 aromatic rings. The SMILES string of the molecule is CC[C@@]1(CCOCc2ccccc2)O[C@@H]2C[C@@H]3O[C@@H]4C=C[C@H](OCc5ccccc5)[C@@](C)(COCc5ccccc5)O[C@@H]4C=C[C@H]3O[C@H]2[C@@H](OCc2ccccc2)[C@H]1OCc1ccccc1. The van der Waals surface area contributed by atoms with Gasteiger partial charge in [0, 0.05) is 19.4 Å². The molecule has 66 heavy (non-hydrogen) atoms. The molecule has 0 amide bonds. The molecule has 2 saturated heterocycles. The van der Waals surface area contributed by atoms with E-state index in [0.717, 1.165) is 27.8 Å². The fourth-order valence-corrected chi connectivity index (χ4v) is 9.74. The molecule has 0 N–H and O–H groups in total. The average Bonchev–Trinajstić information content (AvgIpc) is 3.60. The van der Waals surface area contributed by atoms with Crippen LogP contribution >= 0.6 is 0 Å². The van der Waals surface area contributed by atoms with Crippen molar-refractivity contribution in [3.05, 3.63) is 204 Å². The Morgan fingerprint density at radius 3 is 1.58 bits per heavy atom. The van der Waals surface area contributed by atoms with Gasteiger partial charge in [-0.25, -0.2) is 0 Å². The summed E-state index contributed by atoms with van der Waals surface area (Å²) in [6.45, 7) is 7.24. The van der Waals surface area contributed by atoms with E-state index in [1.807, 2.05) is 91.0 Å². The van der Waals surface area contributed by atoms with Crippen LogP contribution in [0, 0.1) is 0 Å². The Hall–Kier alpha value is -4.78. The molecular formula is C57H64O9. The van der Waals surface area contributed by atoms with Crippen molar-refractivity contribution in [3.8, 4) is 0 Å². The zero-order valence-electron chi connectivity index (χ0n) is 38.2. The number of ether oxygens (including phenoxy) is 9. The molecule has 0 aromatic heterocycles. The molecule has 11 atom stereocenters. The van der Waals surface area contributed by atoms with Crippen molar-refractivity contribution in [3.63, 3.8) is 0 Å². The van der Waals surface area contributed by atoms with Crippen molar-refractivity contribution < 1.29 is 42.6 Å². The summed E-state index contributed by atoms with van der Waals surface area (Å²) in [5.74, 6) is 0. The first-order chi connectivity index (χ1) is 32.5. The Labute approximate surface area is 390 Å². The van der Waals surface area contributed by atoms with E-state index in [0.29, 0.717) is 65.5 Å². The third-order valence-corrected chi connectivity index (χ3v) is 13.4. The van der Waals surface area contributed by atoms with Gasteiger partial charge in [0.15, 0.2) is 0 Å². The van der Waals surface area contributed by atoms with Crippen molar-refractivity contribution in [1.29, 1.82) is 0 Å². The maximum atomic E-state index is 7.42. The van der Waals surface area contributed by atoms with Gasteiger partial charge in [-0.2, -0.15) is 0 Å². The van der Waals surface area contributed by atoms with Crippen LogP contribution in [-0.2, 0) is 75.7 Å². The maximum Gasteiger partial charge on any atom is 0.119 e. The first-order valence-electron chi connectivity index (χ1n) is 23.7. The average molecular weight is 893 g/mol. The summed E-state index contributed by atoms with van der Waals surface area (Å²) in [7, 11) is 0. The lowest BCUT2D eigenvalue weighted by Crippen LogP contribution is -2.69. The minimum atomic E-state index is -0.844. The summed E-state index contributed by atoms with van der Waals surface area (Å²) in [4.78, 5) is 0. The van der Waals surface area contributed by atoms with Crippen LogP contribution < -0.4 is 0 Å². The molecule has 0 aliphatic carbocycles. The van der Waals surface area contributed by atoms with Crippen molar-refractivity contribution in [1.82, 2.24) is 0 Å². The number of benzene rings is 5. The van der Waals surface area contributed by atoms with Crippen LogP contribution in [-0.4, -0.2) is 79.4 Å². The van der Waals surface area contributed by atoms with Gasteiger partial charge in [0.05, 0.1) is 57.5 Å². The third kappa shape index (κ3) is 11.5. The Balaban J connectivity index is 0.980. The van der Waals surface area contributed by atoms with Gasteiger partial charge in [0.2, 0.25) is 0 Å². The Kier molecular flexibility index (Phi) is 15.7. The van der Waals surface area contributed by atoms with E-state index in [4.69, 9.17) is 42.6 Å². The predicted octanol–water partition coefficient (Wildman–Crippen LogP) is 10.3. The molecule has 4 heterocycles. The van der Waals surface area contributed by atoms with E-state index in [1.54, 1.807) is 0 Å². The highest BCUT2D eigenvalue weighted by molar-refractivity contribution is 5.21. The second kappa shape index (κ2) is 22.3. The van der Waals surface area contributed by atoms with Crippen LogP contribution in [0.1, 0.15) is 60.9 Å². The van der Waals surface area contributed by atoms with Crippen LogP contribution in [0.2, 0.25) is 0 Å². The van der Waals surface area contributed by atoms with E-state index < -0.39 is 47.8 Å². The maximum absolute atomic E-state index is 7.42. The number of hydrogen-bond acceptors (Lipinski definition) is 9. The predicted molar refractivity (Wildman–Crippen MR) is 253 cm³/mol. The fraction of sp³-hybridized carbons (Fsp3) is 0.404. The zero-order chi connectivity index (χ0) is 45.0. The van der Waals surface area contributed by atoms with Gasteiger partial charge < -0.3 is 42.6 Å². The quantitative estimate of drug-likeness (QED) is 0.0595. The van der Waals surface area contributed by atoms with Gasteiger partial charge in [-0.05, 0) is 41.2 Å². The van der Waals surface area contributed by atoms with E-state index in [2.05, 4.69) is 98.8 Å². The molecule has 0 spiro atoms. The summed E-state index contributed by atoms with van der Waals surface area (Å²) in [6, 6.07) is 51.3. The number of hydrogen-bond donors (Lipinski definition) is 0. The Morgan fingerprint density at radius 1 is 0.500 bits per heavy atom. The molecule has 4 aliphatic rings. The monoisotopic (exact) mass is 892 g/mol. The summed E-state index contributed by atoms with van der Waals surface area (Å²) in [5, 5.41) is 0. The highest BCUT2D eigenvalue weighted by Crippen LogP contribution is 2.45. The second-order valence-corrected chi connectivity index (χ2v) is 18.1. The summed E-state index contributed by atoms with van der Waals surface area (Å²) < 4.78 is 62.4. The summed E-state index contributed by atoms with van der Waals surface area (Å²) in [5.41, 5.74) is 3.87. The summed E-state index contributed by atoms with van der Waals surface area (Å²) >= 11 is 0. The van der Waals surface area contributed by atoms with Crippen molar-refractivity contribution >= 4 is 0 Å². The first kappa shape index (κ1) is 46.3. The van der Waals surface area contributed by atoms with Gasteiger partial charge in [-0.1, -0.05) is 183 Å². The van der Waals surface area contributed by atoms with E-state index in [9.17, 15) is 0 Å². The molecule has 346 valence electrons. The molecule has 0 radical (unpaired) electrons. The molecule has 9 nitrogen and oxygen atoms in total. The van der Waals surface area contributed by atoms with Crippen molar-refractivity contribution in [2.45, 2.75) is 132 Å². The minimum absolute atomic E-state index is 0.309. The fourth-order valence-electron chi connectivity index (χ4n) is 9.74. The molecule has 0 unspecified atom stereocenters. The highest BCUT2D eigenvalue weighted by atomic mass is 16.6. The van der Waals surface area contributed by atoms with Gasteiger partial charge in [-0.15, -0.1) is 0 Å². The molecule has 2 fully saturated rings. The molecule has 5 aromatic carbocycles. The van der Waals surface area contributed by atoms with Crippen LogP contribution in [0.5, 0.6) is 0 Å². The standard InChI is InChI=1S/C57H64O9/c1-3-57(33-34-58-36-42-19-9-4-10-20-42)55(62-40-46-27-17-8-18-28-46)54(61-39-45-25-15-7-16-26-45)53-51(66-57)35-50-48(64-53)29-30-49-47(63-50)31-32-52(60-38-44-23-13-6-14-24-44)56(2,65-49)41-59-37-43-21-11-5-12-22-43/h4-32,47-55H,3,33-41H2,1-2H3/t47-,48-,49-,50+,51-,52+,53-,54-,55-,56-,57+/m1/s1. The van der Waals surface area contributed by atoms with Crippen molar-refractivity contribution in [2.75, 3.05) is 13.2 Å². The Morgan fingerprint density at radius 2 is 1.00 bits per heavy atom. The summed E-state index contributed by atoms with van der Waals surface area (Å²) in [6.07, 6.45) is 6.59. The van der Waals surface area contributed by atoms with E-state index >= 15 is 0 Å². The molecule has 9 rings (SSSR count). The van der Waals surface area contributed by atoms with Gasteiger partial charge in [0.1, 0.15) is 48.3 Å².